The van der Waals surface area contributed by atoms with E-state index in [-0.39, 0.29) is 18.0 Å². The maximum Gasteiger partial charge on any atom is 0.257 e. The number of halogens is 2. The summed E-state index contributed by atoms with van der Waals surface area (Å²) in [5.74, 6) is -1.05. The smallest absolute Gasteiger partial charge is 0.257 e. The molecule has 0 saturated heterocycles. The average molecular weight is 479 g/mol. The zero-order valence-electron chi connectivity index (χ0n) is 18.4. The second kappa shape index (κ2) is 8.79. The van der Waals surface area contributed by atoms with Crippen LogP contribution in [0, 0.1) is 25.5 Å². The number of benzene rings is 1. The van der Waals surface area contributed by atoms with E-state index in [0.29, 0.717) is 40.2 Å². The molecule has 172 valence electrons. The van der Waals surface area contributed by atoms with Gasteiger partial charge >= 0.3 is 0 Å². The number of aromatic nitrogens is 5. The first kappa shape index (κ1) is 21.9. The van der Waals surface area contributed by atoms with Crippen molar-refractivity contribution in [1.29, 1.82) is 0 Å². The van der Waals surface area contributed by atoms with Crippen LogP contribution in [0.1, 0.15) is 32.1 Å². The Morgan fingerprint density at radius 3 is 2.68 bits per heavy atom. The minimum absolute atomic E-state index is 0.0312. The van der Waals surface area contributed by atoms with Crippen LogP contribution in [0.2, 0.25) is 0 Å². The van der Waals surface area contributed by atoms with Crippen molar-refractivity contribution in [1.82, 2.24) is 24.5 Å². The first-order valence-electron chi connectivity index (χ1n) is 10.5. The molecule has 34 heavy (non-hydrogen) atoms. The molecule has 4 heterocycles. The van der Waals surface area contributed by atoms with E-state index in [1.54, 1.807) is 41.4 Å². The summed E-state index contributed by atoms with van der Waals surface area (Å²) in [6, 6.07) is 8.96. The topological polar surface area (TPSA) is 77.6 Å². The van der Waals surface area contributed by atoms with Crippen LogP contribution < -0.4 is 5.32 Å². The molecule has 1 N–H and O–H groups in total. The number of fused-ring (bicyclic) bond motifs is 1. The van der Waals surface area contributed by atoms with E-state index in [9.17, 15) is 13.6 Å². The number of carbonyl (C=O) groups is 1. The van der Waals surface area contributed by atoms with Crippen molar-refractivity contribution in [2.75, 3.05) is 5.32 Å². The fourth-order valence-electron chi connectivity index (χ4n) is 3.79. The number of anilines is 1. The Balaban J connectivity index is 1.46. The molecule has 5 aromatic rings. The van der Waals surface area contributed by atoms with Crippen molar-refractivity contribution in [3.63, 3.8) is 0 Å². The van der Waals surface area contributed by atoms with Gasteiger partial charge in [0.15, 0.2) is 5.65 Å². The molecular weight excluding hydrogens is 458 g/mol. The van der Waals surface area contributed by atoms with Gasteiger partial charge in [0.2, 0.25) is 0 Å². The van der Waals surface area contributed by atoms with Gasteiger partial charge in [0, 0.05) is 21.7 Å². The number of rotatable bonds is 6. The van der Waals surface area contributed by atoms with Crippen LogP contribution in [0.5, 0.6) is 0 Å². The first-order chi connectivity index (χ1) is 16.4. The fourth-order valence-corrected chi connectivity index (χ4v) is 4.47. The third-order valence-corrected chi connectivity index (χ3v) is 6.31. The molecule has 0 bridgehead atoms. The summed E-state index contributed by atoms with van der Waals surface area (Å²) in [6.45, 7) is 4.13. The molecule has 0 saturated carbocycles. The van der Waals surface area contributed by atoms with Crippen molar-refractivity contribution < 1.29 is 13.6 Å². The zero-order chi connectivity index (χ0) is 23.8. The fraction of sp³-hybridized carbons (Fsp3) is 0.167. The predicted molar refractivity (Wildman–Crippen MR) is 126 cm³/mol. The van der Waals surface area contributed by atoms with Crippen LogP contribution in [0.25, 0.3) is 11.0 Å². The lowest BCUT2D eigenvalue weighted by atomic mass is 10.1. The minimum Gasteiger partial charge on any atom is -0.307 e. The summed E-state index contributed by atoms with van der Waals surface area (Å²) >= 11 is 1.63. The van der Waals surface area contributed by atoms with Gasteiger partial charge in [0.1, 0.15) is 17.5 Å². The van der Waals surface area contributed by atoms with E-state index >= 15 is 0 Å². The molecular formula is C24H20F2N6OS. The van der Waals surface area contributed by atoms with Gasteiger partial charge in [-0.3, -0.25) is 4.79 Å². The van der Waals surface area contributed by atoms with E-state index in [2.05, 4.69) is 20.5 Å². The quantitative estimate of drug-likeness (QED) is 0.375. The number of aryl methyl sites for hydroxylation is 2. The Morgan fingerprint density at radius 1 is 1.06 bits per heavy atom. The first-order valence-corrected chi connectivity index (χ1v) is 11.4. The van der Waals surface area contributed by atoms with E-state index in [1.165, 1.54) is 4.68 Å². The number of hydrogen-bond donors (Lipinski definition) is 1. The number of hydrogen-bond acceptors (Lipinski definition) is 5. The molecule has 0 radical (unpaired) electrons. The zero-order valence-corrected chi connectivity index (χ0v) is 19.2. The van der Waals surface area contributed by atoms with E-state index < -0.39 is 11.6 Å². The van der Waals surface area contributed by atoms with Crippen molar-refractivity contribution >= 4 is 34.1 Å². The lowest BCUT2D eigenvalue weighted by Crippen LogP contribution is -2.18. The molecule has 0 unspecified atom stereocenters. The molecule has 10 heteroatoms. The van der Waals surface area contributed by atoms with Gasteiger partial charge in [-0.25, -0.2) is 23.1 Å². The Hall–Kier alpha value is -3.92. The Bertz CT molecular complexity index is 1510. The highest BCUT2D eigenvalue weighted by Crippen LogP contribution is 2.23. The second-order valence-electron chi connectivity index (χ2n) is 7.95. The molecule has 0 spiro atoms. The number of nitrogens with one attached hydrogen (secondary N) is 1. The largest absolute Gasteiger partial charge is 0.307 e. The molecule has 0 aliphatic carbocycles. The minimum atomic E-state index is -0.545. The monoisotopic (exact) mass is 478 g/mol. The summed E-state index contributed by atoms with van der Waals surface area (Å²) < 4.78 is 31.0. The van der Waals surface area contributed by atoms with Crippen molar-refractivity contribution in [2.45, 2.75) is 26.9 Å². The predicted octanol–water partition coefficient (Wildman–Crippen LogP) is 4.93. The van der Waals surface area contributed by atoms with Crippen molar-refractivity contribution in [3.05, 3.63) is 93.1 Å². The molecule has 1 aromatic carbocycles. The van der Waals surface area contributed by atoms with E-state index in [1.807, 2.05) is 24.4 Å². The molecule has 0 atom stereocenters. The highest BCUT2D eigenvalue weighted by Gasteiger charge is 2.19. The normalized spacial score (nSPS) is 11.3. The molecule has 5 rings (SSSR count). The standard InChI is InChI=1S/C24H20F2N6OS/c1-14-10-27-31(12-16-9-17(25)5-6-21(16)26)22(14)30-24(33)19-8-15(2)29-23-20(19)11-28-32(23)13-18-4-3-7-34-18/h3-11H,12-13H2,1-2H3,(H,30,33). The Labute approximate surface area is 197 Å². The molecule has 0 fully saturated rings. The number of thiophene rings is 1. The van der Waals surface area contributed by atoms with Crippen molar-refractivity contribution in [3.8, 4) is 0 Å². The summed E-state index contributed by atoms with van der Waals surface area (Å²) in [5.41, 5.74) is 2.54. The van der Waals surface area contributed by atoms with Crippen LogP contribution >= 0.6 is 11.3 Å². The van der Waals surface area contributed by atoms with Crippen LogP contribution in [0.3, 0.4) is 0 Å². The number of pyridine rings is 1. The third kappa shape index (κ3) is 4.19. The Morgan fingerprint density at radius 2 is 1.88 bits per heavy atom. The molecule has 7 nitrogen and oxygen atoms in total. The highest BCUT2D eigenvalue weighted by atomic mass is 32.1. The van der Waals surface area contributed by atoms with Gasteiger partial charge in [0.05, 0.1) is 36.4 Å². The number of nitrogens with zero attached hydrogens (tertiary/aromatic N) is 5. The van der Waals surface area contributed by atoms with Gasteiger partial charge in [-0.2, -0.15) is 10.2 Å². The van der Waals surface area contributed by atoms with Gasteiger partial charge < -0.3 is 5.32 Å². The Kier molecular flexibility index (Phi) is 5.66. The van der Waals surface area contributed by atoms with E-state index in [4.69, 9.17) is 0 Å². The summed E-state index contributed by atoms with van der Waals surface area (Å²) in [4.78, 5) is 19.1. The lowest BCUT2D eigenvalue weighted by molar-refractivity contribution is 0.102. The summed E-state index contributed by atoms with van der Waals surface area (Å²) in [6.07, 6.45) is 3.20. The maximum atomic E-state index is 14.2. The highest BCUT2D eigenvalue weighted by molar-refractivity contribution is 7.09. The summed E-state index contributed by atoms with van der Waals surface area (Å²) in [7, 11) is 0. The van der Waals surface area contributed by atoms with Gasteiger partial charge in [-0.05, 0) is 49.6 Å². The maximum absolute atomic E-state index is 14.2. The van der Waals surface area contributed by atoms with Crippen LogP contribution in [0.15, 0.2) is 54.2 Å². The molecule has 4 aromatic heterocycles. The average Bonchev–Trinajstić information content (AvgIpc) is 3.54. The lowest BCUT2D eigenvalue weighted by Gasteiger charge is -2.12. The number of carbonyl (C=O) groups excluding carboxylic acids is 1. The third-order valence-electron chi connectivity index (χ3n) is 5.45. The van der Waals surface area contributed by atoms with Gasteiger partial charge in [0.25, 0.3) is 5.91 Å². The van der Waals surface area contributed by atoms with E-state index in [0.717, 1.165) is 23.1 Å². The van der Waals surface area contributed by atoms with Crippen LogP contribution in [-0.4, -0.2) is 30.5 Å². The molecule has 1 amide bonds. The van der Waals surface area contributed by atoms with Crippen LogP contribution in [-0.2, 0) is 13.1 Å². The molecule has 0 aliphatic rings. The van der Waals surface area contributed by atoms with Gasteiger partial charge in [-0.15, -0.1) is 11.3 Å². The second-order valence-corrected chi connectivity index (χ2v) is 8.99. The summed E-state index contributed by atoms with van der Waals surface area (Å²) in [5, 5.41) is 14.2. The van der Waals surface area contributed by atoms with Crippen molar-refractivity contribution in [2.24, 2.45) is 0 Å². The number of amides is 1. The molecule has 0 aliphatic heterocycles. The SMILES string of the molecule is Cc1cc(C(=O)Nc2c(C)cnn2Cc2cc(F)ccc2F)c2cnn(Cc3cccs3)c2n1. The van der Waals surface area contributed by atoms with Crippen LogP contribution in [0.4, 0.5) is 14.6 Å². The van der Waals surface area contributed by atoms with Gasteiger partial charge in [-0.1, -0.05) is 6.07 Å².